The lowest BCUT2D eigenvalue weighted by Crippen LogP contribution is -3.00. The molecule has 1 aliphatic rings. The van der Waals surface area contributed by atoms with Gasteiger partial charge in [-0.15, -0.1) is 0 Å². The van der Waals surface area contributed by atoms with Crippen molar-refractivity contribution in [2.75, 3.05) is 52.5 Å². The molecule has 1 saturated heterocycles. The van der Waals surface area contributed by atoms with Gasteiger partial charge in [0.2, 0.25) is 0 Å². The maximum absolute atomic E-state index is 8.77. The Hall–Kier alpha value is -1.14. The number of piperazine rings is 1. The number of aliphatic hydroxyl groups excluding tert-OH is 1. The van der Waals surface area contributed by atoms with Gasteiger partial charge in [-0.2, -0.15) is 0 Å². The van der Waals surface area contributed by atoms with Crippen LogP contribution in [0.3, 0.4) is 0 Å². The van der Waals surface area contributed by atoms with Crippen molar-refractivity contribution in [2.24, 2.45) is 0 Å². The van der Waals surface area contributed by atoms with Crippen LogP contribution in [0, 0.1) is 0 Å². The molecule has 1 fully saturated rings. The SMILES string of the molecule is OCCOCCN1CCN(C(c2ccccc2)c2ccccc2)CC1.[Cl-].[Cl-].[H+].[H+]. The zero-order valence-corrected chi connectivity index (χ0v) is 17.0. The third-order valence-corrected chi connectivity index (χ3v) is 4.79. The molecule has 0 radical (unpaired) electrons. The first kappa shape index (κ1) is 23.9. The first-order valence-electron chi connectivity index (χ1n) is 9.13. The summed E-state index contributed by atoms with van der Waals surface area (Å²) in [5.74, 6) is 0. The molecule has 27 heavy (non-hydrogen) atoms. The van der Waals surface area contributed by atoms with E-state index >= 15 is 0 Å². The van der Waals surface area contributed by atoms with Crippen LogP contribution < -0.4 is 24.8 Å². The van der Waals surface area contributed by atoms with E-state index in [9.17, 15) is 0 Å². The molecule has 2 aromatic rings. The van der Waals surface area contributed by atoms with Crippen LogP contribution >= 0.6 is 0 Å². The number of halogens is 2. The summed E-state index contributed by atoms with van der Waals surface area (Å²) in [6.07, 6.45) is 0. The Labute approximate surface area is 177 Å². The van der Waals surface area contributed by atoms with Crippen LogP contribution in [0.1, 0.15) is 20.0 Å². The molecule has 1 aliphatic heterocycles. The summed E-state index contributed by atoms with van der Waals surface area (Å²) in [5.41, 5.74) is 2.71. The number of hydrogen-bond acceptors (Lipinski definition) is 4. The van der Waals surface area contributed by atoms with Crippen molar-refractivity contribution in [1.29, 1.82) is 0 Å². The predicted octanol–water partition coefficient (Wildman–Crippen LogP) is -3.36. The highest BCUT2D eigenvalue weighted by atomic mass is 35.5. The van der Waals surface area contributed by atoms with Crippen LogP contribution in [0.25, 0.3) is 0 Å². The van der Waals surface area contributed by atoms with E-state index in [-0.39, 0.29) is 34.3 Å². The average Bonchev–Trinajstić information content (AvgIpc) is 2.68. The summed E-state index contributed by atoms with van der Waals surface area (Å²) >= 11 is 0. The van der Waals surface area contributed by atoms with E-state index in [2.05, 4.69) is 70.5 Å². The van der Waals surface area contributed by atoms with Crippen LogP contribution in [0.4, 0.5) is 0 Å². The summed E-state index contributed by atoms with van der Waals surface area (Å²) in [7, 11) is 0. The molecule has 0 saturated carbocycles. The second kappa shape index (κ2) is 13.1. The van der Waals surface area contributed by atoms with Crippen LogP contribution in [0.2, 0.25) is 0 Å². The van der Waals surface area contributed by atoms with Crippen molar-refractivity contribution >= 4 is 0 Å². The van der Waals surface area contributed by atoms with Gasteiger partial charge in [0.15, 0.2) is 0 Å². The monoisotopic (exact) mass is 412 g/mol. The van der Waals surface area contributed by atoms with E-state index in [0.717, 1.165) is 32.7 Å². The lowest BCUT2D eigenvalue weighted by atomic mass is 9.96. The zero-order valence-electron chi connectivity index (χ0n) is 17.5. The molecule has 0 spiro atoms. The van der Waals surface area contributed by atoms with Crippen molar-refractivity contribution in [1.82, 2.24) is 9.80 Å². The summed E-state index contributed by atoms with van der Waals surface area (Å²) < 4.78 is 5.39. The topological polar surface area (TPSA) is 35.9 Å². The number of nitrogens with zero attached hydrogens (tertiary/aromatic N) is 2. The molecule has 0 atom stereocenters. The van der Waals surface area contributed by atoms with E-state index in [0.29, 0.717) is 19.3 Å². The molecule has 0 aromatic heterocycles. The van der Waals surface area contributed by atoms with Gasteiger partial charge in [0.05, 0.1) is 25.9 Å². The quantitative estimate of drug-likeness (QED) is 0.459. The lowest BCUT2D eigenvalue weighted by Gasteiger charge is -2.39. The summed E-state index contributed by atoms with van der Waals surface area (Å²) in [4.78, 5) is 5.02. The van der Waals surface area contributed by atoms with Crippen molar-refractivity contribution < 1.29 is 37.5 Å². The highest BCUT2D eigenvalue weighted by molar-refractivity contribution is 5.31. The molecular formula is C21H30Cl2N2O2. The summed E-state index contributed by atoms with van der Waals surface area (Å²) in [5, 5.41) is 8.77. The van der Waals surface area contributed by atoms with Crippen molar-refractivity contribution in [3.05, 3.63) is 71.8 Å². The van der Waals surface area contributed by atoms with Gasteiger partial charge in [0.25, 0.3) is 0 Å². The highest BCUT2D eigenvalue weighted by Gasteiger charge is 2.26. The minimum atomic E-state index is 0. The van der Waals surface area contributed by atoms with Gasteiger partial charge < -0.3 is 34.7 Å². The fourth-order valence-corrected chi connectivity index (χ4v) is 3.49. The zero-order chi connectivity index (χ0) is 17.3. The molecule has 6 heteroatoms. The van der Waals surface area contributed by atoms with Crippen LogP contribution in [-0.4, -0.2) is 67.5 Å². The molecule has 4 nitrogen and oxygen atoms in total. The van der Waals surface area contributed by atoms with Crippen LogP contribution in [0.15, 0.2) is 60.7 Å². The molecular weight excluding hydrogens is 383 g/mol. The van der Waals surface area contributed by atoms with Gasteiger partial charge in [-0.3, -0.25) is 9.80 Å². The van der Waals surface area contributed by atoms with Gasteiger partial charge in [-0.1, -0.05) is 60.7 Å². The Morgan fingerprint density at radius 1 is 0.815 bits per heavy atom. The minimum absolute atomic E-state index is 0. The maximum atomic E-state index is 8.77. The van der Waals surface area contributed by atoms with Crippen LogP contribution in [-0.2, 0) is 4.74 Å². The Bertz CT molecular complexity index is 579. The van der Waals surface area contributed by atoms with Gasteiger partial charge in [-0.05, 0) is 11.1 Å². The number of aliphatic hydroxyl groups is 1. The molecule has 3 rings (SSSR count). The van der Waals surface area contributed by atoms with Crippen molar-refractivity contribution in [2.45, 2.75) is 6.04 Å². The minimum Gasteiger partial charge on any atom is -1.00 e. The van der Waals surface area contributed by atoms with Gasteiger partial charge in [0, 0.05) is 32.7 Å². The van der Waals surface area contributed by atoms with Gasteiger partial charge in [0.1, 0.15) is 0 Å². The molecule has 0 amide bonds. The lowest BCUT2D eigenvalue weighted by molar-refractivity contribution is -0.001000. The summed E-state index contributed by atoms with van der Waals surface area (Å²) in [6.45, 7) is 6.38. The second-order valence-electron chi connectivity index (χ2n) is 6.44. The third-order valence-electron chi connectivity index (χ3n) is 4.79. The number of ether oxygens (including phenoxy) is 1. The molecule has 0 aliphatic carbocycles. The molecule has 2 aromatic carbocycles. The molecule has 150 valence electrons. The molecule has 1 N–H and O–H groups in total. The Kier molecular flexibility index (Phi) is 11.6. The number of benzene rings is 2. The van der Waals surface area contributed by atoms with Gasteiger partial charge >= 0.3 is 2.85 Å². The Morgan fingerprint density at radius 3 is 1.81 bits per heavy atom. The van der Waals surface area contributed by atoms with Crippen molar-refractivity contribution in [3.63, 3.8) is 0 Å². The van der Waals surface area contributed by atoms with Crippen LogP contribution in [0.5, 0.6) is 0 Å². The maximum Gasteiger partial charge on any atom is 1.00 e. The fraction of sp³-hybridized carbons (Fsp3) is 0.429. The normalized spacial score (nSPS) is 15.2. The standard InChI is InChI=1S/C21H28N2O2.2ClH/c24-16-18-25-17-15-22-11-13-23(14-12-22)21(19-7-3-1-4-8-19)20-9-5-2-6-10-20;;/h1-10,21,24H,11-18H2;2*1H. The number of rotatable bonds is 8. The summed E-state index contributed by atoms with van der Waals surface area (Å²) in [6, 6.07) is 21.9. The Balaban J connectivity index is 0. The van der Waals surface area contributed by atoms with E-state index in [1.54, 1.807) is 0 Å². The largest absolute Gasteiger partial charge is 1.00 e. The number of hydrogen-bond donors (Lipinski definition) is 1. The van der Waals surface area contributed by atoms with E-state index in [1.165, 1.54) is 11.1 Å². The third kappa shape index (κ3) is 7.07. The van der Waals surface area contributed by atoms with E-state index < -0.39 is 0 Å². The Morgan fingerprint density at radius 2 is 1.33 bits per heavy atom. The first-order valence-corrected chi connectivity index (χ1v) is 9.13. The van der Waals surface area contributed by atoms with E-state index in [1.807, 2.05) is 0 Å². The predicted molar refractivity (Wildman–Crippen MR) is 103 cm³/mol. The molecule has 1 heterocycles. The molecule has 0 bridgehead atoms. The average molecular weight is 413 g/mol. The first-order chi connectivity index (χ1) is 12.4. The second-order valence-corrected chi connectivity index (χ2v) is 6.44. The van der Waals surface area contributed by atoms with E-state index in [4.69, 9.17) is 9.84 Å². The van der Waals surface area contributed by atoms with Crippen molar-refractivity contribution in [3.8, 4) is 0 Å². The molecule has 0 unspecified atom stereocenters. The van der Waals surface area contributed by atoms with Gasteiger partial charge in [-0.25, -0.2) is 0 Å². The highest BCUT2D eigenvalue weighted by Crippen LogP contribution is 2.29. The fourth-order valence-electron chi connectivity index (χ4n) is 3.49. The smallest absolute Gasteiger partial charge is 1.00 e.